The summed E-state index contributed by atoms with van der Waals surface area (Å²) in [4.78, 5) is 22.4. The number of carbonyl (C=O) groups is 2. The van der Waals surface area contributed by atoms with Crippen LogP contribution in [0.4, 0.5) is 8.78 Å². The molecule has 6 heteroatoms. The Labute approximate surface area is 109 Å². The smallest absolute Gasteiger partial charge is 0.251 e. The maximum absolute atomic E-state index is 13.6. The number of amides is 2. The second kappa shape index (κ2) is 5.34. The first-order valence-electron chi connectivity index (χ1n) is 6.05. The summed E-state index contributed by atoms with van der Waals surface area (Å²) in [6, 6.07) is 2.37. The van der Waals surface area contributed by atoms with Crippen molar-refractivity contribution < 1.29 is 18.4 Å². The van der Waals surface area contributed by atoms with Gasteiger partial charge in [0.1, 0.15) is 0 Å². The molecule has 0 spiro atoms. The van der Waals surface area contributed by atoms with Crippen LogP contribution in [0.25, 0.3) is 0 Å². The number of nitrogens with one attached hydrogen (secondary N) is 1. The van der Waals surface area contributed by atoms with E-state index in [1.807, 2.05) is 0 Å². The summed E-state index contributed by atoms with van der Waals surface area (Å²) in [6.45, 7) is -0.100. The predicted molar refractivity (Wildman–Crippen MR) is 64.1 cm³/mol. The van der Waals surface area contributed by atoms with Crippen molar-refractivity contribution in [3.63, 3.8) is 0 Å². The summed E-state index contributed by atoms with van der Waals surface area (Å²) < 4.78 is 27.1. The molecular weight excluding hydrogens is 254 g/mol. The van der Waals surface area contributed by atoms with Gasteiger partial charge in [-0.2, -0.15) is 0 Å². The van der Waals surface area contributed by atoms with Gasteiger partial charge >= 0.3 is 0 Å². The molecule has 0 aliphatic heterocycles. The highest BCUT2D eigenvalue weighted by atomic mass is 19.2. The van der Waals surface area contributed by atoms with Crippen LogP contribution in [0.2, 0.25) is 0 Å². The number of nitrogens with two attached hydrogens (primary N) is 1. The molecule has 19 heavy (non-hydrogen) atoms. The Morgan fingerprint density at radius 1 is 1.26 bits per heavy atom. The fourth-order valence-electron chi connectivity index (χ4n) is 1.91. The molecule has 2 rings (SSSR count). The van der Waals surface area contributed by atoms with Gasteiger partial charge in [-0.1, -0.05) is 12.5 Å². The Kier molecular flexibility index (Phi) is 3.78. The second-order valence-electron chi connectivity index (χ2n) is 4.61. The van der Waals surface area contributed by atoms with Gasteiger partial charge in [0.25, 0.3) is 5.91 Å². The third-order valence-electron chi connectivity index (χ3n) is 3.36. The van der Waals surface area contributed by atoms with Crippen LogP contribution in [0.5, 0.6) is 0 Å². The van der Waals surface area contributed by atoms with E-state index < -0.39 is 23.1 Å². The molecule has 2 amide bonds. The molecule has 4 nitrogen and oxygen atoms in total. The SMILES string of the molecule is NC(=O)c1ccc(CNC(=O)C2CCC2)c(F)c1F. The average molecular weight is 268 g/mol. The molecule has 0 radical (unpaired) electrons. The van der Waals surface area contributed by atoms with Crippen molar-refractivity contribution in [2.24, 2.45) is 11.7 Å². The Balaban J connectivity index is 2.06. The summed E-state index contributed by atoms with van der Waals surface area (Å²) >= 11 is 0. The number of hydrogen-bond donors (Lipinski definition) is 2. The van der Waals surface area contributed by atoms with Gasteiger partial charge < -0.3 is 11.1 Å². The number of primary amides is 1. The zero-order chi connectivity index (χ0) is 14.0. The van der Waals surface area contributed by atoms with E-state index in [-0.39, 0.29) is 23.9 Å². The fraction of sp³-hybridized carbons (Fsp3) is 0.385. The average Bonchev–Trinajstić information content (AvgIpc) is 2.28. The fourth-order valence-corrected chi connectivity index (χ4v) is 1.91. The minimum atomic E-state index is -1.28. The predicted octanol–water partition coefficient (Wildman–Crippen LogP) is 1.48. The van der Waals surface area contributed by atoms with Gasteiger partial charge in [-0.15, -0.1) is 0 Å². The summed E-state index contributed by atoms with van der Waals surface area (Å²) in [5, 5.41) is 2.56. The van der Waals surface area contributed by atoms with Crippen LogP contribution in [0.1, 0.15) is 35.2 Å². The molecule has 1 fully saturated rings. The van der Waals surface area contributed by atoms with E-state index in [4.69, 9.17) is 5.73 Å². The normalized spacial score (nSPS) is 14.8. The van der Waals surface area contributed by atoms with Gasteiger partial charge in [0, 0.05) is 18.0 Å². The molecule has 0 bridgehead atoms. The van der Waals surface area contributed by atoms with Crippen LogP contribution in [0.15, 0.2) is 12.1 Å². The second-order valence-corrected chi connectivity index (χ2v) is 4.61. The molecule has 102 valence electrons. The van der Waals surface area contributed by atoms with Gasteiger partial charge in [-0.25, -0.2) is 8.78 Å². The summed E-state index contributed by atoms with van der Waals surface area (Å²) in [5.41, 5.74) is 4.41. The number of carbonyl (C=O) groups excluding carboxylic acids is 2. The highest BCUT2D eigenvalue weighted by Crippen LogP contribution is 2.26. The van der Waals surface area contributed by atoms with Crippen LogP contribution in [0, 0.1) is 17.6 Å². The van der Waals surface area contributed by atoms with E-state index >= 15 is 0 Å². The molecule has 3 N–H and O–H groups in total. The molecular formula is C13H14F2N2O2. The topological polar surface area (TPSA) is 72.2 Å². The molecule has 1 aliphatic rings. The third kappa shape index (κ3) is 2.72. The number of halogens is 2. The van der Waals surface area contributed by atoms with Gasteiger partial charge in [-0.05, 0) is 18.9 Å². The summed E-state index contributed by atoms with van der Waals surface area (Å²) in [6.07, 6.45) is 2.70. The van der Waals surface area contributed by atoms with E-state index in [9.17, 15) is 18.4 Å². The number of hydrogen-bond acceptors (Lipinski definition) is 2. The van der Waals surface area contributed by atoms with Crippen molar-refractivity contribution in [1.82, 2.24) is 5.32 Å². The van der Waals surface area contributed by atoms with Crippen molar-refractivity contribution in [2.45, 2.75) is 25.8 Å². The van der Waals surface area contributed by atoms with Crippen molar-refractivity contribution in [3.05, 3.63) is 34.9 Å². The van der Waals surface area contributed by atoms with Crippen molar-refractivity contribution in [1.29, 1.82) is 0 Å². The van der Waals surface area contributed by atoms with E-state index in [0.717, 1.165) is 25.3 Å². The Morgan fingerprint density at radius 2 is 1.95 bits per heavy atom. The maximum Gasteiger partial charge on any atom is 0.251 e. The minimum absolute atomic E-state index is 0.00447. The van der Waals surface area contributed by atoms with Gasteiger partial charge in [0.15, 0.2) is 11.6 Å². The number of rotatable bonds is 4. The van der Waals surface area contributed by atoms with E-state index in [0.29, 0.717) is 0 Å². The maximum atomic E-state index is 13.6. The van der Waals surface area contributed by atoms with Crippen molar-refractivity contribution in [2.75, 3.05) is 0 Å². The van der Waals surface area contributed by atoms with Crippen LogP contribution in [0.3, 0.4) is 0 Å². The van der Waals surface area contributed by atoms with Gasteiger partial charge in [0.05, 0.1) is 5.56 Å². The lowest BCUT2D eigenvalue weighted by molar-refractivity contribution is -0.127. The third-order valence-corrected chi connectivity index (χ3v) is 3.36. The Bertz CT molecular complexity index is 528. The Hall–Kier alpha value is -1.98. The van der Waals surface area contributed by atoms with E-state index in [2.05, 4.69) is 5.32 Å². The minimum Gasteiger partial charge on any atom is -0.366 e. The first-order chi connectivity index (χ1) is 9.00. The summed E-state index contributed by atoms with van der Waals surface area (Å²) in [5.74, 6) is -3.61. The molecule has 0 aromatic heterocycles. The first-order valence-corrected chi connectivity index (χ1v) is 6.05. The lowest BCUT2D eigenvalue weighted by atomic mass is 9.85. The number of benzene rings is 1. The standard InChI is InChI=1S/C13H14F2N2O2/c14-10-8(4-5-9(11(10)15)12(16)18)6-17-13(19)7-2-1-3-7/h4-5,7H,1-3,6H2,(H2,16,18)(H,17,19). The highest BCUT2D eigenvalue weighted by molar-refractivity contribution is 5.93. The zero-order valence-electron chi connectivity index (χ0n) is 10.2. The zero-order valence-corrected chi connectivity index (χ0v) is 10.2. The van der Waals surface area contributed by atoms with E-state index in [1.165, 1.54) is 6.07 Å². The molecule has 0 saturated heterocycles. The van der Waals surface area contributed by atoms with Crippen LogP contribution in [-0.2, 0) is 11.3 Å². The highest BCUT2D eigenvalue weighted by Gasteiger charge is 2.25. The first kappa shape index (κ1) is 13.5. The van der Waals surface area contributed by atoms with Crippen molar-refractivity contribution in [3.8, 4) is 0 Å². The largest absolute Gasteiger partial charge is 0.366 e. The van der Waals surface area contributed by atoms with Gasteiger partial charge in [0.2, 0.25) is 5.91 Å². The van der Waals surface area contributed by atoms with E-state index in [1.54, 1.807) is 0 Å². The molecule has 0 unspecified atom stereocenters. The van der Waals surface area contributed by atoms with Gasteiger partial charge in [-0.3, -0.25) is 9.59 Å². The van der Waals surface area contributed by atoms with Crippen LogP contribution < -0.4 is 11.1 Å². The monoisotopic (exact) mass is 268 g/mol. The lowest BCUT2D eigenvalue weighted by Crippen LogP contribution is -2.34. The molecule has 1 aliphatic carbocycles. The molecule has 0 heterocycles. The van der Waals surface area contributed by atoms with Crippen molar-refractivity contribution >= 4 is 11.8 Å². The Morgan fingerprint density at radius 3 is 2.47 bits per heavy atom. The quantitative estimate of drug-likeness (QED) is 0.868. The molecule has 0 atom stereocenters. The summed E-state index contributed by atoms with van der Waals surface area (Å²) in [7, 11) is 0. The molecule has 1 saturated carbocycles. The van der Waals surface area contributed by atoms with Crippen LogP contribution in [-0.4, -0.2) is 11.8 Å². The van der Waals surface area contributed by atoms with Crippen LogP contribution >= 0.6 is 0 Å². The molecule has 1 aromatic rings. The lowest BCUT2D eigenvalue weighted by Gasteiger charge is -2.24. The molecule has 1 aromatic carbocycles.